The van der Waals surface area contributed by atoms with Crippen LogP contribution in [0.15, 0.2) is 23.4 Å². The number of allylic oxidation sites excluding steroid dienone is 3. The summed E-state index contributed by atoms with van der Waals surface area (Å²) < 4.78 is 17.9. The molecular formula is C20H30N2O5. The fourth-order valence-electron chi connectivity index (χ4n) is 4.10. The topological polar surface area (TPSA) is 91.1 Å². The highest BCUT2D eigenvalue weighted by molar-refractivity contribution is 6.00. The highest BCUT2D eigenvalue weighted by atomic mass is 16.8. The summed E-state index contributed by atoms with van der Waals surface area (Å²) in [4.78, 5) is 27.4. The average Bonchev–Trinajstić information content (AvgIpc) is 2.96. The summed E-state index contributed by atoms with van der Waals surface area (Å²) in [6.45, 7) is 11.2. The van der Waals surface area contributed by atoms with Gasteiger partial charge in [0.2, 0.25) is 0 Å². The first kappa shape index (κ1) is 19.9. The van der Waals surface area contributed by atoms with Gasteiger partial charge in [0.25, 0.3) is 0 Å². The molecule has 0 spiro atoms. The molecule has 7 nitrogen and oxygen atoms in total. The highest BCUT2D eigenvalue weighted by Crippen LogP contribution is 2.44. The van der Waals surface area contributed by atoms with Crippen molar-refractivity contribution in [3.8, 4) is 0 Å². The number of nitrogens with two attached hydrogens (primary N) is 1. The number of fused-ring (bicyclic) bond motifs is 1. The molecule has 27 heavy (non-hydrogen) atoms. The maximum atomic E-state index is 13.1. The lowest BCUT2D eigenvalue weighted by Crippen LogP contribution is -2.50. The van der Waals surface area contributed by atoms with Crippen molar-refractivity contribution in [3.05, 3.63) is 23.4 Å². The number of likely N-dealkylation sites (tertiary alicyclic amines) is 1. The van der Waals surface area contributed by atoms with Crippen molar-refractivity contribution in [2.24, 2.45) is 5.73 Å². The lowest BCUT2D eigenvalue weighted by Gasteiger charge is -2.36. The van der Waals surface area contributed by atoms with Crippen LogP contribution in [0, 0.1) is 0 Å². The van der Waals surface area contributed by atoms with E-state index in [1.54, 1.807) is 17.1 Å². The van der Waals surface area contributed by atoms with E-state index >= 15 is 0 Å². The molecule has 4 atom stereocenters. The van der Waals surface area contributed by atoms with Gasteiger partial charge in [-0.25, -0.2) is 4.79 Å². The average molecular weight is 378 g/mol. The molecular weight excluding hydrogens is 348 g/mol. The van der Waals surface area contributed by atoms with Crippen LogP contribution in [0.3, 0.4) is 0 Å². The summed E-state index contributed by atoms with van der Waals surface area (Å²) >= 11 is 0. The predicted octanol–water partition coefficient (Wildman–Crippen LogP) is 2.65. The highest BCUT2D eigenvalue weighted by Gasteiger charge is 2.60. The van der Waals surface area contributed by atoms with Gasteiger partial charge >= 0.3 is 6.09 Å². The third-order valence-corrected chi connectivity index (χ3v) is 5.02. The summed E-state index contributed by atoms with van der Waals surface area (Å²) in [5.41, 5.74) is 6.18. The largest absolute Gasteiger partial charge is 0.444 e. The number of Topliss-reactive ketones (excluding diaryl/α,β-unsaturated/α-hetero) is 1. The van der Waals surface area contributed by atoms with Gasteiger partial charge in [-0.3, -0.25) is 9.69 Å². The maximum Gasteiger partial charge on any atom is 0.411 e. The number of hydrogen-bond donors (Lipinski definition) is 1. The van der Waals surface area contributed by atoms with Crippen LogP contribution in [0.5, 0.6) is 0 Å². The van der Waals surface area contributed by atoms with Crippen molar-refractivity contribution in [3.63, 3.8) is 0 Å². The van der Waals surface area contributed by atoms with E-state index in [0.717, 1.165) is 0 Å². The van der Waals surface area contributed by atoms with Crippen LogP contribution >= 0.6 is 0 Å². The molecule has 2 aliphatic heterocycles. The molecule has 0 saturated carbocycles. The van der Waals surface area contributed by atoms with Crippen molar-refractivity contribution in [2.45, 2.75) is 90.1 Å². The molecule has 3 rings (SSSR count). The van der Waals surface area contributed by atoms with Crippen LogP contribution in [-0.4, -0.2) is 52.5 Å². The molecule has 7 heteroatoms. The second-order valence-corrected chi connectivity index (χ2v) is 8.84. The molecule has 1 aliphatic carbocycles. The zero-order valence-corrected chi connectivity index (χ0v) is 16.9. The molecule has 0 bridgehead atoms. The molecule has 0 radical (unpaired) electrons. The molecule has 3 aliphatic rings. The van der Waals surface area contributed by atoms with Crippen LogP contribution in [0.1, 0.15) is 54.4 Å². The minimum absolute atomic E-state index is 0.0997. The standard InChI is InChI=1S/C20H30N2O5/c1-7-13-16-17(26-20(5,6)25-16)15(12-9-8-11(21)10-14(12)23)22(13)18(24)27-19(2,3)4/h8-9,13,15-17H,7,10,21H2,1-6H3/t13-,15?,16-,17+/m1/s1. The number of ketones is 1. The van der Waals surface area contributed by atoms with Gasteiger partial charge in [-0.05, 0) is 47.1 Å². The van der Waals surface area contributed by atoms with E-state index in [9.17, 15) is 9.59 Å². The number of nitrogens with zero attached hydrogens (tertiary/aromatic N) is 1. The monoisotopic (exact) mass is 378 g/mol. The van der Waals surface area contributed by atoms with Gasteiger partial charge in [-0.15, -0.1) is 0 Å². The lowest BCUT2D eigenvalue weighted by molar-refractivity contribution is -0.165. The van der Waals surface area contributed by atoms with Crippen LogP contribution in [0.4, 0.5) is 4.79 Å². The molecule has 1 unspecified atom stereocenters. The predicted molar refractivity (Wildman–Crippen MR) is 99.7 cm³/mol. The first-order valence-electron chi connectivity index (χ1n) is 9.50. The van der Waals surface area contributed by atoms with E-state index in [1.165, 1.54) is 0 Å². The SMILES string of the molecule is CC[C@@H]1[C@H]2OC(C)(C)O[C@H]2C(C2=CC=C(N)CC2=O)N1C(=O)OC(C)(C)C. The molecule has 2 heterocycles. The molecule has 0 aromatic heterocycles. The molecule has 0 aromatic rings. The Labute approximate surface area is 160 Å². The zero-order valence-electron chi connectivity index (χ0n) is 16.9. The summed E-state index contributed by atoms with van der Waals surface area (Å²) in [5, 5.41) is 0. The van der Waals surface area contributed by atoms with Crippen molar-refractivity contribution in [1.82, 2.24) is 4.90 Å². The molecule has 2 fully saturated rings. The van der Waals surface area contributed by atoms with E-state index in [1.807, 2.05) is 41.5 Å². The van der Waals surface area contributed by atoms with Crippen molar-refractivity contribution >= 4 is 11.9 Å². The fraction of sp³-hybridized carbons (Fsp3) is 0.700. The minimum Gasteiger partial charge on any atom is -0.444 e. The normalized spacial score (nSPS) is 32.8. The third kappa shape index (κ3) is 3.75. The van der Waals surface area contributed by atoms with Gasteiger partial charge in [0, 0.05) is 11.3 Å². The van der Waals surface area contributed by atoms with E-state index in [4.69, 9.17) is 19.9 Å². The molecule has 2 N–H and O–H groups in total. The zero-order chi connectivity index (χ0) is 20.1. The van der Waals surface area contributed by atoms with Gasteiger partial charge < -0.3 is 19.9 Å². The Morgan fingerprint density at radius 2 is 1.93 bits per heavy atom. The first-order chi connectivity index (χ1) is 12.4. The van der Waals surface area contributed by atoms with Crippen LogP contribution in [0.2, 0.25) is 0 Å². The number of carbonyl (C=O) groups is 2. The molecule has 2 saturated heterocycles. The van der Waals surface area contributed by atoms with Crippen LogP contribution in [-0.2, 0) is 19.0 Å². The maximum absolute atomic E-state index is 13.1. The van der Waals surface area contributed by atoms with Crippen LogP contribution in [0.25, 0.3) is 0 Å². The van der Waals surface area contributed by atoms with Crippen molar-refractivity contribution < 1.29 is 23.8 Å². The summed E-state index contributed by atoms with van der Waals surface area (Å²) in [6, 6.07) is -0.804. The van der Waals surface area contributed by atoms with Gasteiger partial charge in [0.15, 0.2) is 11.6 Å². The quantitative estimate of drug-likeness (QED) is 0.794. The summed E-state index contributed by atoms with van der Waals surface area (Å²) in [5.74, 6) is -0.869. The Balaban J connectivity index is 2.03. The Kier molecular flexibility index (Phi) is 4.89. The fourth-order valence-corrected chi connectivity index (χ4v) is 4.10. The number of ether oxygens (including phenoxy) is 3. The number of hydrogen-bond acceptors (Lipinski definition) is 6. The second-order valence-electron chi connectivity index (χ2n) is 8.84. The van der Waals surface area contributed by atoms with Gasteiger partial charge in [0.05, 0.1) is 18.5 Å². The summed E-state index contributed by atoms with van der Waals surface area (Å²) in [7, 11) is 0. The Morgan fingerprint density at radius 3 is 2.48 bits per heavy atom. The Hall–Kier alpha value is -1.86. The van der Waals surface area contributed by atoms with Gasteiger partial charge in [-0.2, -0.15) is 0 Å². The number of amides is 1. The first-order valence-corrected chi connectivity index (χ1v) is 9.50. The van der Waals surface area contributed by atoms with Crippen molar-refractivity contribution in [2.75, 3.05) is 0 Å². The molecule has 1 amide bonds. The lowest BCUT2D eigenvalue weighted by atomic mass is 9.91. The Bertz CT molecular complexity index is 704. The van der Waals surface area contributed by atoms with E-state index in [2.05, 4.69) is 0 Å². The van der Waals surface area contributed by atoms with Crippen LogP contribution < -0.4 is 5.73 Å². The van der Waals surface area contributed by atoms with E-state index < -0.39 is 29.6 Å². The summed E-state index contributed by atoms with van der Waals surface area (Å²) in [6.07, 6.45) is 3.01. The van der Waals surface area contributed by atoms with Crippen molar-refractivity contribution in [1.29, 1.82) is 0 Å². The minimum atomic E-state index is -0.770. The number of carbonyl (C=O) groups excluding carboxylic acids is 2. The molecule has 150 valence electrons. The van der Waals surface area contributed by atoms with E-state index in [-0.39, 0.29) is 24.3 Å². The van der Waals surface area contributed by atoms with Gasteiger partial charge in [0.1, 0.15) is 17.8 Å². The second kappa shape index (κ2) is 6.63. The van der Waals surface area contributed by atoms with Gasteiger partial charge in [-0.1, -0.05) is 13.0 Å². The third-order valence-electron chi connectivity index (χ3n) is 5.02. The Morgan fingerprint density at radius 1 is 1.30 bits per heavy atom. The van der Waals surface area contributed by atoms with E-state index in [0.29, 0.717) is 17.7 Å². The number of rotatable bonds is 2. The molecule has 0 aromatic carbocycles. The smallest absolute Gasteiger partial charge is 0.411 e.